The van der Waals surface area contributed by atoms with E-state index in [1.54, 1.807) is 4.57 Å². The van der Waals surface area contributed by atoms with E-state index in [9.17, 15) is 9.59 Å². The number of hydrogen-bond donors (Lipinski definition) is 1. The van der Waals surface area contributed by atoms with Gasteiger partial charge in [-0.25, -0.2) is 4.99 Å². The van der Waals surface area contributed by atoms with Gasteiger partial charge in [0.1, 0.15) is 5.75 Å². The molecule has 1 aliphatic rings. The summed E-state index contributed by atoms with van der Waals surface area (Å²) in [6.07, 6.45) is 1.91. The Kier molecular flexibility index (Phi) is 8.12. The van der Waals surface area contributed by atoms with Crippen LogP contribution in [0.2, 0.25) is 5.02 Å². The number of anilines is 1. The molecular formula is C35H31ClN4O3S. The molecular weight excluding hydrogens is 592 g/mol. The lowest BCUT2D eigenvalue weighted by Crippen LogP contribution is -2.40. The zero-order valence-electron chi connectivity index (χ0n) is 24.8. The van der Waals surface area contributed by atoms with Crippen LogP contribution in [0.25, 0.3) is 11.8 Å². The first-order valence-electron chi connectivity index (χ1n) is 14.3. The fourth-order valence-electron chi connectivity index (χ4n) is 5.62. The quantitative estimate of drug-likeness (QED) is 0.230. The molecule has 0 saturated carbocycles. The van der Waals surface area contributed by atoms with Gasteiger partial charge in [0.2, 0.25) is 0 Å². The zero-order valence-corrected chi connectivity index (χ0v) is 26.4. The Hall–Kier alpha value is -4.66. The first kappa shape index (κ1) is 29.4. The molecule has 0 saturated heterocycles. The third-order valence-corrected chi connectivity index (χ3v) is 8.88. The predicted octanol–water partition coefficient (Wildman–Crippen LogP) is 6.33. The van der Waals surface area contributed by atoms with Gasteiger partial charge in [-0.1, -0.05) is 53.3 Å². The van der Waals surface area contributed by atoms with Crippen LogP contribution >= 0.6 is 22.9 Å². The molecule has 0 fully saturated rings. The lowest BCUT2D eigenvalue weighted by Gasteiger charge is -2.25. The maximum Gasteiger partial charge on any atom is 0.271 e. The number of hydrogen-bond acceptors (Lipinski definition) is 5. The second-order valence-electron chi connectivity index (χ2n) is 10.5. The summed E-state index contributed by atoms with van der Waals surface area (Å²) in [5, 5.41) is 3.67. The van der Waals surface area contributed by atoms with E-state index < -0.39 is 6.04 Å². The Labute approximate surface area is 264 Å². The lowest BCUT2D eigenvalue weighted by molar-refractivity contribution is -0.113. The van der Waals surface area contributed by atoms with Crippen molar-refractivity contribution in [3.8, 4) is 11.4 Å². The third-order valence-electron chi connectivity index (χ3n) is 7.65. The second-order valence-corrected chi connectivity index (χ2v) is 12.0. The van der Waals surface area contributed by atoms with Crippen molar-refractivity contribution in [1.29, 1.82) is 0 Å². The van der Waals surface area contributed by atoms with Gasteiger partial charge in [-0.15, -0.1) is 0 Å². The predicted molar refractivity (Wildman–Crippen MR) is 177 cm³/mol. The van der Waals surface area contributed by atoms with Gasteiger partial charge >= 0.3 is 0 Å². The van der Waals surface area contributed by atoms with E-state index in [1.807, 2.05) is 113 Å². The molecule has 1 amide bonds. The minimum absolute atomic E-state index is 0.207. The van der Waals surface area contributed by atoms with E-state index in [0.717, 1.165) is 34.0 Å². The number of amides is 1. The molecule has 2 aromatic heterocycles. The van der Waals surface area contributed by atoms with E-state index in [4.69, 9.17) is 21.3 Å². The number of nitrogens with one attached hydrogen (secondary N) is 1. The van der Waals surface area contributed by atoms with Crippen molar-refractivity contribution in [1.82, 2.24) is 9.13 Å². The Bertz CT molecular complexity index is 2070. The molecule has 0 radical (unpaired) electrons. The van der Waals surface area contributed by atoms with Crippen LogP contribution in [0.1, 0.15) is 42.4 Å². The van der Waals surface area contributed by atoms with Crippen molar-refractivity contribution in [2.75, 3.05) is 11.9 Å². The summed E-state index contributed by atoms with van der Waals surface area (Å²) in [5.41, 5.74) is 6.17. The Morgan fingerprint density at radius 2 is 1.73 bits per heavy atom. The molecule has 0 unspecified atom stereocenters. The van der Waals surface area contributed by atoms with Crippen LogP contribution in [0.5, 0.6) is 5.75 Å². The highest BCUT2D eigenvalue weighted by Gasteiger charge is 2.32. The highest BCUT2D eigenvalue weighted by molar-refractivity contribution is 7.07. The van der Waals surface area contributed by atoms with Crippen LogP contribution in [0.15, 0.2) is 106 Å². The number of nitrogens with zero attached hydrogens (tertiary/aromatic N) is 3. The molecule has 0 bridgehead atoms. The maximum atomic E-state index is 14.2. The summed E-state index contributed by atoms with van der Waals surface area (Å²) >= 11 is 7.44. The molecule has 3 aromatic carbocycles. The number of rotatable bonds is 7. The Morgan fingerprint density at radius 3 is 2.41 bits per heavy atom. The average molecular weight is 623 g/mol. The van der Waals surface area contributed by atoms with Gasteiger partial charge in [0, 0.05) is 27.8 Å². The number of aryl methyl sites for hydroxylation is 1. The van der Waals surface area contributed by atoms with Crippen molar-refractivity contribution in [2.24, 2.45) is 4.99 Å². The van der Waals surface area contributed by atoms with E-state index in [2.05, 4.69) is 16.0 Å². The van der Waals surface area contributed by atoms with Gasteiger partial charge in [0.05, 0.1) is 28.5 Å². The first-order chi connectivity index (χ1) is 21.2. The molecule has 5 aromatic rings. The number of allylic oxidation sites excluding steroid dienone is 1. The maximum absolute atomic E-state index is 14.2. The summed E-state index contributed by atoms with van der Waals surface area (Å²) < 4.78 is 9.97. The topological polar surface area (TPSA) is 77.6 Å². The van der Waals surface area contributed by atoms with Crippen LogP contribution in [0.3, 0.4) is 0 Å². The highest BCUT2D eigenvalue weighted by Crippen LogP contribution is 2.32. The molecule has 0 aliphatic carbocycles. The van der Waals surface area contributed by atoms with Crippen molar-refractivity contribution >= 4 is 40.6 Å². The average Bonchev–Trinajstić information content (AvgIpc) is 3.47. The van der Waals surface area contributed by atoms with Crippen LogP contribution in [-0.2, 0) is 4.79 Å². The summed E-state index contributed by atoms with van der Waals surface area (Å²) in [4.78, 5) is 33.3. The summed E-state index contributed by atoms with van der Waals surface area (Å²) in [5.74, 6) is 0.410. The molecule has 3 heterocycles. The number of fused-ring (bicyclic) bond motifs is 1. The molecule has 7 nitrogen and oxygen atoms in total. The molecule has 6 rings (SSSR count). The summed E-state index contributed by atoms with van der Waals surface area (Å²) in [6.45, 7) is 8.35. The number of benzene rings is 3. The number of aromatic nitrogens is 2. The van der Waals surface area contributed by atoms with E-state index >= 15 is 0 Å². The van der Waals surface area contributed by atoms with Crippen LogP contribution in [0, 0.1) is 13.8 Å². The third kappa shape index (κ3) is 5.54. The second kappa shape index (κ2) is 12.1. The van der Waals surface area contributed by atoms with Crippen molar-refractivity contribution in [3.63, 3.8) is 0 Å². The van der Waals surface area contributed by atoms with Crippen molar-refractivity contribution in [3.05, 3.63) is 143 Å². The fraction of sp³-hybridized carbons (Fsp3) is 0.171. The minimum Gasteiger partial charge on any atom is -0.494 e. The largest absolute Gasteiger partial charge is 0.494 e. The van der Waals surface area contributed by atoms with Gasteiger partial charge < -0.3 is 14.6 Å². The van der Waals surface area contributed by atoms with E-state index in [0.29, 0.717) is 37.9 Å². The van der Waals surface area contributed by atoms with Gasteiger partial charge in [-0.2, -0.15) is 0 Å². The molecule has 1 aliphatic heterocycles. The summed E-state index contributed by atoms with van der Waals surface area (Å²) in [7, 11) is 0. The fourth-order valence-corrected chi connectivity index (χ4v) is 6.79. The van der Waals surface area contributed by atoms with Crippen LogP contribution in [0.4, 0.5) is 5.69 Å². The van der Waals surface area contributed by atoms with Crippen LogP contribution < -0.4 is 24.9 Å². The SMILES string of the molecule is CCOc1ccc([C@H]2C(C(=O)Nc3ccccc3)=C(C)N=c3s/c(=C\c4cc(C)n(-c5ccc(Cl)cc5)c4C)c(=O)n32)cc1. The highest BCUT2D eigenvalue weighted by atomic mass is 35.5. The van der Waals surface area contributed by atoms with Crippen LogP contribution in [-0.4, -0.2) is 21.6 Å². The van der Waals surface area contributed by atoms with E-state index in [-0.39, 0.29) is 11.5 Å². The number of ether oxygens (including phenoxy) is 1. The Balaban J connectivity index is 1.48. The number of para-hydroxylation sites is 1. The van der Waals surface area contributed by atoms with Gasteiger partial charge in [0.15, 0.2) is 4.80 Å². The lowest BCUT2D eigenvalue weighted by atomic mass is 9.95. The zero-order chi connectivity index (χ0) is 31.0. The normalized spacial score (nSPS) is 14.8. The molecule has 9 heteroatoms. The minimum atomic E-state index is -0.672. The smallest absolute Gasteiger partial charge is 0.271 e. The molecule has 44 heavy (non-hydrogen) atoms. The monoisotopic (exact) mass is 622 g/mol. The molecule has 0 spiro atoms. The Morgan fingerprint density at radius 1 is 1.02 bits per heavy atom. The van der Waals surface area contributed by atoms with Crippen molar-refractivity contribution in [2.45, 2.75) is 33.7 Å². The number of carbonyl (C=O) groups excluding carboxylic acids is 1. The van der Waals surface area contributed by atoms with Gasteiger partial charge in [-0.3, -0.25) is 14.2 Å². The molecule has 1 atom stereocenters. The molecule has 222 valence electrons. The summed E-state index contributed by atoms with van der Waals surface area (Å²) in [6, 6.07) is 25.9. The number of thiazole rings is 1. The van der Waals surface area contributed by atoms with E-state index in [1.165, 1.54) is 11.3 Å². The van der Waals surface area contributed by atoms with Gasteiger partial charge in [0.25, 0.3) is 11.5 Å². The number of halogens is 1. The first-order valence-corrected chi connectivity index (χ1v) is 15.5. The van der Waals surface area contributed by atoms with Crippen molar-refractivity contribution < 1.29 is 9.53 Å². The molecule has 1 N–H and O–H groups in total. The number of carbonyl (C=O) groups is 1. The standard InChI is InChI=1S/C35H31ClN4O3S/c1-5-43-29-17-11-24(12-18-29)32-31(33(41)38-27-9-7-6-8-10-27)22(3)37-35-40(32)34(42)30(44-35)20-25-19-21(2)39(23(25)4)28-15-13-26(36)14-16-28/h6-20,32H,5H2,1-4H3,(H,38,41)/b30-20-/t32-/m0/s1. The van der Waals surface area contributed by atoms with Gasteiger partial charge in [-0.05, 0) is 99.5 Å².